The van der Waals surface area contributed by atoms with E-state index < -0.39 is 0 Å². The van der Waals surface area contributed by atoms with Gasteiger partial charge in [0.1, 0.15) is 5.75 Å². The lowest BCUT2D eigenvalue weighted by Crippen LogP contribution is -2.35. The van der Waals surface area contributed by atoms with E-state index >= 15 is 0 Å². The molecule has 0 aliphatic carbocycles. The van der Waals surface area contributed by atoms with Gasteiger partial charge >= 0.3 is 0 Å². The Labute approximate surface area is 173 Å². The van der Waals surface area contributed by atoms with Gasteiger partial charge < -0.3 is 15.4 Å². The Morgan fingerprint density at radius 1 is 0.862 bits per heavy atom. The number of carbonyl (C=O) groups excluding carboxylic acids is 2. The van der Waals surface area contributed by atoms with Crippen molar-refractivity contribution >= 4 is 29.1 Å². The van der Waals surface area contributed by atoms with E-state index in [9.17, 15) is 9.59 Å². The zero-order valence-electron chi connectivity index (χ0n) is 15.6. The van der Waals surface area contributed by atoms with E-state index in [0.29, 0.717) is 16.5 Å². The van der Waals surface area contributed by atoms with E-state index in [-0.39, 0.29) is 25.0 Å². The number of hydrogen-bond acceptors (Lipinski definition) is 4. The predicted octanol–water partition coefficient (Wildman–Crippen LogP) is 3.46. The fourth-order valence-electron chi connectivity index (χ4n) is 2.56. The molecule has 3 rings (SSSR count). The van der Waals surface area contributed by atoms with Gasteiger partial charge in [0, 0.05) is 23.1 Å². The highest BCUT2D eigenvalue weighted by Gasteiger charge is 2.07. The van der Waals surface area contributed by atoms with Gasteiger partial charge in [-0.1, -0.05) is 23.7 Å². The predicted molar refractivity (Wildman–Crippen MR) is 112 cm³/mol. The fraction of sp³-hybridized carbons (Fsp3) is 0.136. The summed E-state index contributed by atoms with van der Waals surface area (Å²) in [6.45, 7) is -0.319. The van der Waals surface area contributed by atoms with Crippen LogP contribution in [0.5, 0.6) is 5.75 Å². The van der Waals surface area contributed by atoms with Crippen LogP contribution in [0, 0.1) is 0 Å². The van der Waals surface area contributed by atoms with Crippen molar-refractivity contribution in [1.29, 1.82) is 0 Å². The van der Waals surface area contributed by atoms with E-state index in [1.54, 1.807) is 36.7 Å². The van der Waals surface area contributed by atoms with Gasteiger partial charge in [0.05, 0.1) is 6.54 Å². The third-order valence-corrected chi connectivity index (χ3v) is 4.28. The molecular weight excluding hydrogens is 390 g/mol. The molecule has 0 saturated heterocycles. The van der Waals surface area contributed by atoms with E-state index in [0.717, 1.165) is 12.0 Å². The number of aromatic nitrogens is 1. The second-order valence-corrected chi connectivity index (χ2v) is 6.73. The minimum Gasteiger partial charge on any atom is -0.484 e. The largest absolute Gasteiger partial charge is 0.484 e. The number of nitrogens with one attached hydrogen (secondary N) is 2. The van der Waals surface area contributed by atoms with Crippen molar-refractivity contribution in [3.8, 4) is 5.75 Å². The maximum absolute atomic E-state index is 12.0. The first-order valence-electron chi connectivity index (χ1n) is 9.01. The Morgan fingerprint density at radius 2 is 1.52 bits per heavy atom. The molecule has 1 heterocycles. The first-order chi connectivity index (χ1) is 14.1. The number of nitrogens with zero attached hydrogens (tertiary/aromatic N) is 1. The van der Waals surface area contributed by atoms with E-state index in [2.05, 4.69) is 15.6 Å². The molecule has 6 nitrogen and oxygen atoms in total. The maximum Gasteiger partial charge on any atom is 0.258 e. The van der Waals surface area contributed by atoms with Gasteiger partial charge in [-0.15, -0.1) is 0 Å². The summed E-state index contributed by atoms with van der Waals surface area (Å²) in [6, 6.07) is 18.2. The molecule has 2 N–H and O–H groups in total. The molecule has 0 unspecified atom stereocenters. The Bertz CT molecular complexity index is 945. The Kier molecular flexibility index (Phi) is 7.19. The van der Waals surface area contributed by atoms with Crippen LogP contribution in [0.25, 0.3) is 0 Å². The van der Waals surface area contributed by atoms with Gasteiger partial charge in [0.2, 0.25) is 5.91 Å². The van der Waals surface area contributed by atoms with Crippen molar-refractivity contribution in [3.63, 3.8) is 0 Å². The van der Waals surface area contributed by atoms with E-state index in [1.807, 2.05) is 36.4 Å². The van der Waals surface area contributed by atoms with Crippen LogP contribution in [0.2, 0.25) is 5.02 Å². The van der Waals surface area contributed by atoms with Gasteiger partial charge in [-0.2, -0.15) is 0 Å². The molecule has 0 atom stereocenters. The summed E-state index contributed by atoms with van der Waals surface area (Å²) in [5.41, 5.74) is 2.96. The number of pyridine rings is 1. The van der Waals surface area contributed by atoms with Crippen LogP contribution in [0.4, 0.5) is 5.69 Å². The molecule has 0 saturated carbocycles. The van der Waals surface area contributed by atoms with Gasteiger partial charge in [0.25, 0.3) is 5.91 Å². The highest BCUT2D eigenvalue weighted by Crippen LogP contribution is 2.15. The van der Waals surface area contributed by atoms with Gasteiger partial charge in [-0.25, -0.2) is 0 Å². The molecule has 7 heteroatoms. The Hall–Kier alpha value is -3.38. The molecule has 1 aromatic heterocycles. The quantitative estimate of drug-likeness (QED) is 0.597. The SMILES string of the molecule is O=C(COc1ccc(Cl)cc1)NCC(=O)Nc1ccc(Cc2ccncc2)cc1. The zero-order chi connectivity index (χ0) is 20.5. The van der Waals surface area contributed by atoms with Crippen LogP contribution in [0.3, 0.4) is 0 Å². The first-order valence-corrected chi connectivity index (χ1v) is 9.39. The second kappa shape index (κ2) is 10.2. The van der Waals surface area contributed by atoms with Crippen molar-refractivity contribution < 1.29 is 14.3 Å². The summed E-state index contributed by atoms with van der Waals surface area (Å²) in [5.74, 6) is -0.171. The number of ether oxygens (including phenoxy) is 1. The minimum atomic E-state index is -0.386. The normalized spacial score (nSPS) is 10.2. The smallest absolute Gasteiger partial charge is 0.258 e. The number of halogens is 1. The third-order valence-electron chi connectivity index (χ3n) is 4.02. The molecule has 29 heavy (non-hydrogen) atoms. The van der Waals surface area contributed by atoms with Crippen molar-refractivity contribution in [2.24, 2.45) is 0 Å². The molecule has 0 aliphatic rings. The van der Waals surface area contributed by atoms with Crippen molar-refractivity contribution in [2.75, 3.05) is 18.5 Å². The van der Waals surface area contributed by atoms with Gasteiger partial charge in [0.15, 0.2) is 6.61 Å². The molecule has 2 amide bonds. The van der Waals surface area contributed by atoms with E-state index in [4.69, 9.17) is 16.3 Å². The molecule has 2 aromatic carbocycles. The van der Waals surface area contributed by atoms with Crippen LogP contribution in [-0.2, 0) is 16.0 Å². The number of anilines is 1. The average molecular weight is 410 g/mol. The summed E-state index contributed by atoms with van der Waals surface area (Å²) in [6.07, 6.45) is 4.32. The number of hydrogen-bond donors (Lipinski definition) is 2. The van der Waals surface area contributed by atoms with Gasteiger partial charge in [-0.3, -0.25) is 14.6 Å². The second-order valence-electron chi connectivity index (χ2n) is 6.30. The molecule has 0 fully saturated rings. The monoisotopic (exact) mass is 409 g/mol. The average Bonchev–Trinajstić information content (AvgIpc) is 2.74. The molecule has 148 valence electrons. The maximum atomic E-state index is 12.0. The molecule has 0 bridgehead atoms. The van der Waals surface area contributed by atoms with Crippen LogP contribution < -0.4 is 15.4 Å². The number of rotatable bonds is 8. The summed E-state index contributed by atoms with van der Waals surface area (Å²) in [5, 5.41) is 5.86. The van der Waals surface area contributed by atoms with Crippen LogP contribution in [0.15, 0.2) is 73.1 Å². The molecule has 0 radical (unpaired) electrons. The van der Waals surface area contributed by atoms with Crippen molar-refractivity contribution in [2.45, 2.75) is 6.42 Å². The molecular formula is C22H20ClN3O3. The highest BCUT2D eigenvalue weighted by atomic mass is 35.5. The van der Waals surface area contributed by atoms with Crippen molar-refractivity contribution in [3.05, 3.63) is 89.2 Å². The Balaban J connectivity index is 1.39. The zero-order valence-corrected chi connectivity index (χ0v) is 16.4. The number of benzene rings is 2. The van der Waals surface area contributed by atoms with Crippen molar-refractivity contribution in [1.82, 2.24) is 10.3 Å². The third kappa shape index (κ3) is 6.93. The van der Waals surface area contributed by atoms with Crippen LogP contribution in [0.1, 0.15) is 11.1 Å². The summed E-state index contributed by atoms with van der Waals surface area (Å²) >= 11 is 5.79. The molecule has 0 spiro atoms. The summed E-state index contributed by atoms with van der Waals surface area (Å²) in [7, 11) is 0. The summed E-state index contributed by atoms with van der Waals surface area (Å²) in [4.78, 5) is 27.8. The van der Waals surface area contributed by atoms with Crippen LogP contribution >= 0.6 is 11.6 Å². The standard InChI is InChI=1S/C22H20ClN3O3/c23-18-3-7-20(8-4-18)29-15-22(28)25-14-21(27)26-19-5-1-16(2-6-19)13-17-9-11-24-12-10-17/h1-12H,13-15H2,(H,25,28)(H,26,27). The lowest BCUT2D eigenvalue weighted by Gasteiger charge is -2.09. The lowest BCUT2D eigenvalue weighted by molar-refractivity contribution is -0.125. The minimum absolute atomic E-state index is 0.137. The van der Waals surface area contributed by atoms with Crippen LogP contribution in [-0.4, -0.2) is 29.9 Å². The van der Waals surface area contributed by atoms with Gasteiger partial charge in [-0.05, 0) is 66.1 Å². The molecule has 3 aromatic rings. The lowest BCUT2D eigenvalue weighted by atomic mass is 10.1. The first kappa shape index (κ1) is 20.4. The van der Waals surface area contributed by atoms with E-state index in [1.165, 1.54) is 5.56 Å². The summed E-state index contributed by atoms with van der Waals surface area (Å²) < 4.78 is 5.33. The molecule has 0 aliphatic heterocycles. The Morgan fingerprint density at radius 3 is 2.21 bits per heavy atom. The fourth-order valence-corrected chi connectivity index (χ4v) is 2.68. The number of amides is 2. The topological polar surface area (TPSA) is 80.3 Å². The number of carbonyl (C=O) groups is 2. The highest BCUT2D eigenvalue weighted by molar-refractivity contribution is 6.30.